The molecule has 0 aliphatic carbocycles. The average Bonchev–Trinajstić information content (AvgIpc) is 2.49. The lowest BCUT2D eigenvalue weighted by atomic mass is 10.0. The molecule has 1 amide bonds. The highest BCUT2D eigenvalue weighted by atomic mass is 16.5. The van der Waals surface area contributed by atoms with Crippen molar-refractivity contribution in [2.45, 2.75) is 6.92 Å². The largest absolute Gasteiger partial charge is 0.478 e. The van der Waals surface area contributed by atoms with E-state index in [0.717, 1.165) is 0 Å². The first kappa shape index (κ1) is 18.1. The monoisotopic (exact) mass is 310 g/mol. The number of carboxylic acid groups (broad SMARTS) is 1. The molecule has 7 nitrogen and oxygen atoms in total. The quantitative estimate of drug-likeness (QED) is 0.540. The highest BCUT2D eigenvalue weighted by Gasteiger charge is 2.10. The summed E-state index contributed by atoms with van der Waals surface area (Å²) in [6.07, 6.45) is 0. The van der Waals surface area contributed by atoms with Crippen molar-refractivity contribution in [3.63, 3.8) is 0 Å². The number of nitrogens with one attached hydrogen (secondary N) is 1. The van der Waals surface area contributed by atoms with Gasteiger partial charge in [0.2, 0.25) is 0 Å². The molecule has 0 bridgehead atoms. The molecule has 7 heteroatoms. The van der Waals surface area contributed by atoms with E-state index in [1.807, 2.05) is 0 Å². The minimum absolute atomic E-state index is 0.192. The van der Waals surface area contributed by atoms with Crippen molar-refractivity contribution in [3.05, 3.63) is 34.9 Å². The highest BCUT2D eigenvalue weighted by molar-refractivity contribution is 5.96. The SMILES string of the molecule is Cc1cc(C(=O)NCCOCCOCCN)ccc1C(=O)O. The molecule has 4 N–H and O–H groups in total. The molecule has 0 saturated carbocycles. The van der Waals surface area contributed by atoms with Crippen LogP contribution in [-0.4, -0.2) is 56.5 Å². The van der Waals surface area contributed by atoms with Gasteiger partial charge in [-0.3, -0.25) is 4.79 Å². The molecule has 0 saturated heterocycles. The number of nitrogens with two attached hydrogens (primary N) is 1. The zero-order chi connectivity index (χ0) is 16.4. The van der Waals surface area contributed by atoms with Crippen LogP contribution >= 0.6 is 0 Å². The Kier molecular flexibility index (Phi) is 8.13. The summed E-state index contributed by atoms with van der Waals surface area (Å²) in [5, 5.41) is 11.6. The van der Waals surface area contributed by atoms with Gasteiger partial charge in [-0.15, -0.1) is 0 Å². The molecule has 0 spiro atoms. The fourth-order valence-corrected chi connectivity index (χ4v) is 1.79. The maximum atomic E-state index is 11.9. The molecule has 0 aliphatic rings. The molecule has 0 heterocycles. The molecule has 1 rings (SSSR count). The number of carbonyl (C=O) groups excluding carboxylic acids is 1. The Balaban J connectivity index is 2.28. The zero-order valence-corrected chi connectivity index (χ0v) is 12.6. The van der Waals surface area contributed by atoms with Gasteiger partial charge < -0.3 is 25.6 Å². The maximum absolute atomic E-state index is 11.9. The number of benzene rings is 1. The summed E-state index contributed by atoms with van der Waals surface area (Å²) in [6.45, 7) is 4.31. The minimum Gasteiger partial charge on any atom is -0.478 e. The molecule has 0 unspecified atom stereocenters. The third-order valence-corrected chi connectivity index (χ3v) is 2.89. The Morgan fingerprint density at radius 3 is 2.45 bits per heavy atom. The second kappa shape index (κ2) is 9.88. The lowest BCUT2D eigenvalue weighted by Gasteiger charge is -2.08. The van der Waals surface area contributed by atoms with E-state index in [4.69, 9.17) is 20.3 Å². The fourth-order valence-electron chi connectivity index (χ4n) is 1.79. The van der Waals surface area contributed by atoms with E-state index < -0.39 is 5.97 Å². The van der Waals surface area contributed by atoms with E-state index in [-0.39, 0.29) is 11.5 Å². The van der Waals surface area contributed by atoms with Gasteiger partial charge in [-0.2, -0.15) is 0 Å². The maximum Gasteiger partial charge on any atom is 0.335 e. The first-order valence-electron chi connectivity index (χ1n) is 7.04. The topological polar surface area (TPSA) is 111 Å². The van der Waals surface area contributed by atoms with E-state index in [9.17, 15) is 9.59 Å². The molecular formula is C15H22N2O5. The smallest absolute Gasteiger partial charge is 0.335 e. The van der Waals surface area contributed by atoms with Crippen molar-refractivity contribution in [1.29, 1.82) is 0 Å². The van der Waals surface area contributed by atoms with Crippen LogP contribution in [0.1, 0.15) is 26.3 Å². The standard InChI is InChI=1S/C15H22N2O5/c1-11-10-12(2-3-13(11)15(19)20)14(18)17-5-7-22-9-8-21-6-4-16/h2-3,10H,4-9,16H2,1H3,(H,17,18)(H,19,20). The number of ether oxygens (including phenoxy) is 2. The minimum atomic E-state index is -1.00. The third-order valence-electron chi connectivity index (χ3n) is 2.89. The molecule has 122 valence electrons. The van der Waals surface area contributed by atoms with Gasteiger partial charge >= 0.3 is 5.97 Å². The summed E-state index contributed by atoms with van der Waals surface area (Å²) >= 11 is 0. The van der Waals surface area contributed by atoms with Crippen molar-refractivity contribution in [2.24, 2.45) is 5.73 Å². The van der Waals surface area contributed by atoms with Gasteiger partial charge in [-0.25, -0.2) is 4.79 Å². The Labute approximate surface area is 129 Å². The normalized spacial score (nSPS) is 10.5. The molecule has 0 fully saturated rings. The molecule has 0 aromatic heterocycles. The number of aromatic carboxylic acids is 1. The summed E-state index contributed by atoms with van der Waals surface area (Å²) in [5.74, 6) is -1.27. The Hall–Kier alpha value is -1.96. The van der Waals surface area contributed by atoms with Crippen LogP contribution in [0.2, 0.25) is 0 Å². The van der Waals surface area contributed by atoms with Crippen LogP contribution < -0.4 is 11.1 Å². The van der Waals surface area contributed by atoms with E-state index >= 15 is 0 Å². The fraction of sp³-hybridized carbons (Fsp3) is 0.467. The first-order valence-corrected chi connectivity index (χ1v) is 7.04. The van der Waals surface area contributed by atoms with Crippen LogP contribution in [0.25, 0.3) is 0 Å². The predicted molar refractivity (Wildman–Crippen MR) is 81.2 cm³/mol. The Bertz CT molecular complexity index is 505. The summed E-state index contributed by atoms with van der Waals surface area (Å²) in [4.78, 5) is 22.8. The van der Waals surface area contributed by atoms with Crippen molar-refractivity contribution in [3.8, 4) is 0 Å². The van der Waals surface area contributed by atoms with Gasteiger partial charge in [0, 0.05) is 18.7 Å². The third kappa shape index (κ3) is 6.21. The summed E-state index contributed by atoms with van der Waals surface area (Å²) < 4.78 is 10.4. The number of hydrogen-bond donors (Lipinski definition) is 3. The average molecular weight is 310 g/mol. The van der Waals surface area contributed by atoms with E-state index in [2.05, 4.69) is 5.32 Å². The second-order valence-corrected chi connectivity index (χ2v) is 4.60. The molecule has 1 aromatic rings. The highest BCUT2D eigenvalue weighted by Crippen LogP contribution is 2.11. The van der Waals surface area contributed by atoms with Crippen molar-refractivity contribution in [1.82, 2.24) is 5.32 Å². The number of hydrogen-bond acceptors (Lipinski definition) is 5. The molecule has 1 aromatic carbocycles. The van der Waals surface area contributed by atoms with E-state index in [1.54, 1.807) is 13.0 Å². The molecule has 0 radical (unpaired) electrons. The number of aryl methyl sites for hydroxylation is 1. The second-order valence-electron chi connectivity index (χ2n) is 4.60. The van der Waals surface area contributed by atoms with Crippen molar-refractivity contribution in [2.75, 3.05) is 39.5 Å². The Morgan fingerprint density at radius 2 is 1.86 bits per heavy atom. The van der Waals surface area contributed by atoms with Gasteiger partial charge in [-0.05, 0) is 30.7 Å². The number of carboxylic acids is 1. The van der Waals surface area contributed by atoms with Crippen LogP contribution in [0.4, 0.5) is 0 Å². The van der Waals surface area contributed by atoms with Crippen LogP contribution in [0.15, 0.2) is 18.2 Å². The number of amides is 1. The molecular weight excluding hydrogens is 288 g/mol. The number of rotatable bonds is 10. The molecule has 0 aliphatic heterocycles. The van der Waals surface area contributed by atoms with Crippen molar-refractivity contribution < 1.29 is 24.2 Å². The number of carbonyl (C=O) groups is 2. The van der Waals surface area contributed by atoms with Crippen molar-refractivity contribution >= 4 is 11.9 Å². The molecule has 22 heavy (non-hydrogen) atoms. The molecule has 0 atom stereocenters. The van der Waals surface area contributed by atoms with E-state index in [0.29, 0.717) is 50.6 Å². The zero-order valence-electron chi connectivity index (χ0n) is 12.6. The van der Waals surface area contributed by atoms with Gasteiger partial charge in [0.15, 0.2) is 0 Å². The van der Waals surface area contributed by atoms with Crippen LogP contribution in [0.3, 0.4) is 0 Å². The summed E-state index contributed by atoms with van der Waals surface area (Å²) in [6, 6.07) is 4.48. The summed E-state index contributed by atoms with van der Waals surface area (Å²) in [7, 11) is 0. The summed E-state index contributed by atoms with van der Waals surface area (Å²) in [5.41, 5.74) is 6.44. The first-order chi connectivity index (χ1) is 10.6. The predicted octanol–water partition coefficient (Wildman–Crippen LogP) is 0.415. The van der Waals surface area contributed by atoms with Crippen LogP contribution in [-0.2, 0) is 9.47 Å². The van der Waals surface area contributed by atoms with Gasteiger partial charge in [0.05, 0.1) is 32.0 Å². The van der Waals surface area contributed by atoms with E-state index in [1.165, 1.54) is 12.1 Å². The van der Waals surface area contributed by atoms with Gasteiger partial charge in [0.1, 0.15) is 0 Å². The van der Waals surface area contributed by atoms with Gasteiger partial charge in [0.25, 0.3) is 5.91 Å². The Morgan fingerprint density at radius 1 is 1.18 bits per heavy atom. The lowest BCUT2D eigenvalue weighted by molar-refractivity contribution is 0.0511. The van der Waals surface area contributed by atoms with Crippen LogP contribution in [0.5, 0.6) is 0 Å². The van der Waals surface area contributed by atoms with Gasteiger partial charge in [-0.1, -0.05) is 0 Å². The van der Waals surface area contributed by atoms with Crippen LogP contribution in [0, 0.1) is 6.92 Å². The lowest BCUT2D eigenvalue weighted by Crippen LogP contribution is -2.27.